The van der Waals surface area contributed by atoms with Crippen molar-refractivity contribution in [2.24, 2.45) is 17.8 Å². The van der Waals surface area contributed by atoms with Gasteiger partial charge in [0.05, 0.1) is 6.07 Å². The molecule has 0 radical (unpaired) electrons. The Morgan fingerprint density at radius 3 is 2.25 bits per heavy atom. The van der Waals surface area contributed by atoms with Crippen LogP contribution in [0.4, 0.5) is 0 Å². The maximum atomic E-state index is 9.00. The molecule has 5 aliphatic carbocycles. The fraction of sp³-hybridized carbons (Fsp3) is 0.722. The first-order valence-electron chi connectivity index (χ1n) is 8.23. The summed E-state index contributed by atoms with van der Waals surface area (Å²) < 4.78 is 0. The molecule has 1 atom stereocenters. The van der Waals surface area contributed by atoms with Gasteiger partial charge >= 0.3 is 0 Å². The largest absolute Gasteiger partial charge is 0.305 e. The van der Waals surface area contributed by atoms with E-state index in [1.807, 2.05) is 6.08 Å². The van der Waals surface area contributed by atoms with Gasteiger partial charge in [0, 0.05) is 23.6 Å². The number of nitrogens with one attached hydrogen (secondary N) is 1. The molecule has 106 valence electrons. The number of hydrogen-bond donors (Lipinski definition) is 1. The lowest BCUT2D eigenvalue weighted by Gasteiger charge is -2.58. The maximum Gasteiger partial charge on any atom is 0.0950 e. The molecule has 0 heterocycles. The van der Waals surface area contributed by atoms with Crippen molar-refractivity contribution in [3.8, 4) is 6.07 Å². The van der Waals surface area contributed by atoms with Gasteiger partial charge in [-0.05, 0) is 74.9 Å². The summed E-state index contributed by atoms with van der Waals surface area (Å²) in [5.74, 6) is 2.98. The molecule has 0 aromatic carbocycles. The zero-order chi connectivity index (χ0) is 13.7. The van der Waals surface area contributed by atoms with Crippen LogP contribution in [0.1, 0.15) is 51.9 Å². The Kier molecular flexibility index (Phi) is 2.82. The molecular formula is C18H24N2. The molecule has 0 aliphatic heterocycles. The molecule has 0 saturated heterocycles. The van der Waals surface area contributed by atoms with Crippen LogP contribution in [0.5, 0.6) is 0 Å². The number of nitriles is 1. The lowest BCUT2D eigenvalue weighted by Crippen LogP contribution is -2.60. The standard InChI is InChI=1S/C18H24N2/c1-12(17-3-2-13(7-17)11-19)20-18-8-14-4-15(9-18)6-16(5-14)10-18/h2-3,12,14-16,20H,4-10H2,1H3. The predicted octanol–water partition coefficient (Wildman–Crippen LogP) is 3.71. The Labute approximate surface area is 121 Å². The molecule has 0 aromatic rings. The average molecular weight is 268 g/mol. The summed E-state index contributed by atoms with van der Waals surface area (Å²) in [5, 5.41) is 13.0. The van der Waals surface area contributed by atoms with Crippen LogP contribution in [0, 0.1) is 29.1 Å². The van der Waals surface area contributed by atoms with Crippen LogP contribution < -0.4 is 5.32 Å². The zero-order valence-electron chi connectivity index (χ0n) is 12.4. The van der Waals surface area contributed by atoms with Crippen molar-refractivity contribution in [2.75, 3.05) is 0 Å². The molecule has 4 bridgehead atoms. The van der Waals surface area contributed by atoms with Gasteiger partial charge in [-0.25, -0.2) is 0 Å². The molecule has 0 aromatic heterocycles. The molecule has 1 unspecified atom stereocenters. The molecule has 1 N–H and O–H groups in total. The summed E-state index contributed by atoms with van der Waals surface area (Å²) in [6, 6.07) is 2.71. The second-order valence-corrected chi connectivity index (χ2v) is 7.79. The van der Waals surface area contributed by atoms with Crippen molar-refractivity contribution in [1.29, 1.82) is 5.26 Å². The Morgan fingerprint density at radius 2 is 1.75 bits per heavy atom. The fourth-order valence-electron chi connectivity index (χ4n) is 5.76. The highest BCUT2D eigenvalue weighted by Crippen LogP contribution is 2.55. The normalized spacial score (nSPS) is 43.1. The Balaban J connectivity index is 1.46. The monoisotopic (exact) mass is 268 g/mol. The first kappa shape index (κ1) is 12.7. The summed E-state index contributed by atoms with van der Waals surface area (Å²) in [5.41, 5.74) is 2.74. The van der Waals surface area contributed by atoms with Crippen molar-refractivity contribution in [1.82, 2.24) is 5.32 Å². The SMILES string of the molecule is CC(NC12CC3CC(CC(C3)C1)C2)C1=CC=C(C#N)C1. The third-order valence-electron chi connectivity index (χ3n) is 6.15. The van der Waals surface area contributed by atoms with Crippen LogP contribution in [-0.2, 0) is 0 Å². The second kappa shape index (κ2) is 4.46. The quantitative estimate of drug-likeness (QED) is 0.847. The van der Waals surface area contributed by atoms with Gasteiger partial charge < -0.3 is 5.32 Å². The third kappa shape index (κ3) is 2.04. The summed E-state index contributed by atoms with van der Waals surface area (Å²) in [4.78, 5) is 0. The average Bonchev–Trinajstić information content (AvgIpc) is 2.85. The van der Waals surface area contributed by atoms with Crippen molar-refractivity contribution < 1.29 is 0 Å². The van der Waals surface area contributed by atoms with E-state index in [-0.39, 0.29) is 0 Å². The minimum Gasteiger partial charge on any atom is -0.305 e. The van der Waals surface area contributed by atoms with E-state index >= 15 is 0 Å². The van der Waals surface area contributed by atoms with Crippen LogP contribution in [0.25, 0.3) is 0 Å². The second-order valence-electron chi connectivity index (χ2n) is 7.79. The Morgan fingerprint density at radius 1 is 1.15 bits per heavy atom. The molecule has 2 heteroatoms. The van der Waals surface area contributed by atoms with Crippen LogP contribution in [0.2, 0.25) is 0 Å². The van der Waals surface area contributed by atoms with Gasteiger partial charge in [0.25, 0.3) is 0 Å². The van der Waals surface area contributed by atoms with Crippen LogP contribution in [0.15, 0.2) is 23.3 Å². The maximum absolute atomic E-state index is 9.00. The first-order chi connectivity index (χ1) is 9.66. The summed E-state index contributed by atoms with van der Waals surface area (Å²) in [6.45, 7) is 2.29. The summed E-state index contributed by atoms with van der Waals surface area (Å²) in [6.07, 6.45) is 13.7. The predicted molar refractivity (Wildman–Crippen MR) is 79.9 cm³/mol. The van der Waals surface area contributed by atoms with E-state index in [4.69, 9.17) is 5.26 Å². The van der Waals surface area contributed by atoms with E-state index in [2.05, 4.69) is 24.4 Å². The van der Waals surface area contributed by atoms with Gasteiger partial charge in [0.15, 0.2) is 0 Å². The highest BCUT2D eigenvalue weighted by atomic mass is 15.0. The first-order valence-corrected chi connectivity index (χ1v) is 8.23. The van der Waals surface area contributed by atoms with Gasteiger partial charge in [-0.2, -0.15) is 5.26 Å². The highest BCUT2D eigenvalue weighted by Gasteiger charge is 2.51. The molecule has 0 amide bonds. The van der Waals surface area contributed by atoms with E-state index < -0.39 is 0 Å². The molecule has 2 nitrogen and oxygen atoms in total. The number of nitrogens with zero attached hydrogens (tertiary/aromatic N) is 1. The molecule has 0 spiro atoms. The van der Waals surface area contributed by atoms with Crippen molar-refractivity contribution in [2.45, 2.75) is 63.5 Å². The van der Waals surface area contributed by atoms with E-state index in [0.29, 0.717) is 11.6 Å². The minimum absolute atomic E-state index is 0.421. The van der Waals surface area contributed by atoms with Crippen molar-refractivity contribution in [3.63, 3.8) is 0 Å². The minimum atomic E-state index is 0.421. The van der Waals surface area contributed by atoms with Gasteiger partial charge in [-0.3, -0.25) is 0 Å². The third-order valence-corrected chi connectivity index (χ3v) is 6.15. The molecule has 4 fully saturated rings. The number of allylic oxidation sites excluding steroid dienone is 3. The van der Waals surface area contributed by atoms with E-state index in [1.165, 1.54) is 44.1 Å². The number of hydrogen-bond acceptors (Lipinski definition) is 2. The van der Waals surface area contributed by atoms with Gasteiger partial charge in [-0.1, -0.05) is 6.08 Å². The fourth-order valence-corrected chi connectivity index (χ4v) is 5.76. The lowest BCUT2D eigenvalue weighted by molar-refractivity contribution is -0.0226. The zero-order valence-corrected chi connectivity index (χ0v) is 12.4. The summed E-state index contributed by atoms with van der Waals surface area (Å²) >= 11 is 0. The van der Waals surface area contributed by atoms with Gasteiger partial charge in [0.2, 0.25) is 0 Å². The lowest BCUT2D eigenvalue weighted by atomic mass is 9.53. The van der Waals surface area contributed by atoms with E-state index in [9.17, 15) is 0 Å². The van der Waals surface area contributed by atoms with E-state index in [1.54, 1.807) is 0 Å². The van der Waals surface area contributed by atoms with Crippen LogP contribution in [0.3, 0.4) is 0 Å². The van der Waals surface area contributed by atoms with Gasteiger partial charge in [0.1, 0.15) is 0 Å². The highest BCUT2D eigenvalue weighted by molar-refractivity contribution is 5.40. The Hall–Kier alpha value is -1.07. The molecule has 20 heavy (non-hydrogen) atoms. The van der Waals surface area contributed by atoms with Crippen LogP contribution >= 0.6 is 0 Å². The van der Waals surface area contributed by atoms with Crippen molar-refractivity contribution in [3.05, 3.63) is 23.3 Å². The molecular weight excluding hydrogens is 244 g/mol. The van der Waals surface area contributed by atoms with Crippen molar-refractivity contribution >= 4 is 0 Å². The molecule has 5 aliphatic rings. The molecule has 5 rings (SSSR count). The van der Waals surface area contributed by atoms with Crippen LogP contribution in [-0.4, -0.2) is 11.6 Å². The smallest absolute Gasteiger partial charge is 0.0950 e. The molecule has 4 saturated carbocycles. The van der Waals surface area contributed by atoms with Gasteiger partial charge in [-0.15, -0.1) is 0 Å². The topological polar surface area (TPSA) is 35.8 Å². The number of rotatable bonds is 3. The Bertz CT molecular complexity index is 485. The summed E-state index contributed by atoms with van der Waals surface area (Å²) in [7, 11) is 0. The van der Waals surface area contributed by atoms with E-state index in [0.717, 1.165) is 29.7 Å².